The maximum Gasteiger partial charge on any atom is 0.336 e. The Labute approximate surface area is 214 Å². The van der Waals surface area contributed by atoms with E-state index in [1.165, 1.54) is 6.08 Å². The summed E-state index contributed by atoms with van der Waals surface area (Å²) < 4.78 is 13.2. The number of nitrogens with zero attached hydrogens (tertiary/aromatic N) is 2. The molecule has 186 valence electrons. The lowest BCUT2D eigenvalue weighted by molar-refractivity contribution is -0.122. The number of hydrogen-bond donors (Lipinski definition) is 1. The fraction of sp³-hybridized carbons (Fsp3) is 0.222. The molecule has 1 fully saturated rings. The average molecular weight is 508 g/mol. The molecule has 2 aromatic carbocycles. The summed E-state index contributed by atoms with van der Waals surface area (Å²) in [6.07, 6.45) is 1.50. The standard InChI is InChI=1S/C27H26ClN3O5/c1-5-35-21-11-12-24(36-6-2)23(15-21)31-26(33)22(25(32)29-27(31)34)14-18-13-16(3)30(17(18)4)20-9-7-19(28)8-10-20/h7-15H,5-6H2,1-4H3,(H,29,32,34)/b22-14-. The van der Waals surface area contributed by atoms with E-state index in [9.17, 15) is 14.4 Å². The Balaban J connectivity index is 1.77. The normalized spacial score (nSPS) is 14.9. The van der Waals surface area contributed by atoms with Gasteiger partial charge in [-0.15, -0.1) is 0 Å². The van der Waals surface area contributed by atoms with Gasteiger partial charge in [0.1, 0.15) is 17.1 Å². The molecule has 9 heteroatoms. The number of carbonyl (C=O) groups excluding carboxylic acids is 3. The van der Waals surface area contributed by atoms with Crippen molar-refractivity contribution in [3.8, 4) is 17.2 Å². The third kappa shape index (κ3) is 4.72. The first-order valence-corrected chi connectivity index (χ1v) is 11.9. The Hall–Kier alpha value is -4.04. The van der Waals surface area contributed by atoms with Gasteiger partial charge in [-0.25, -0.2) is 9.69 Å². The van der Waals surface area contributed by atoms with Gasteiger partial charge < -0.3 is 14.0 Å². The number of rotatable bonds is 7. The molecule has 1 aliphatic heterocycles. The van der Waals surface area contributed by atoms with Crippen LogP contribution in [-0.2, 0) is 9.59 Å². The van der Waals surface area contributed by atoms with Crippen LogP contribution < -0.4 is 19.7 Å². The van der Waals surface area contributed by atoms with Gasteiger partial charge >= 0.3 is 6.03 Å². The number of anilines is 1. The molecule has 0 saturated carbocycles. The number of aryl methyl sites for hydroxylation is 1. The molecule has 1 aliphatic rings. The number of halogens is 1. The van der Waals surface area contributed by atoms with Gasteiger partial charge in [0.25, 0.3) is 11.8 Å². The lowest BCUT2D eigenvalue weighted by Gasteiger charge is -2.28. The van der Waals surface area contributed by atoms with Gasteiger partial charge in [0.05, 0.1) is 18.9 Å². The molecule has 0 aliphatic carbocycles. The second-order valence-corrected chi connectivity index (χ2v) is 8.53. The van der Waals surface area contributed by atoms with Crippen LogP contribution in [0.15, 0.2) is 54.1 Å². The van der Waals surface area contributed by atoms with Crippen molar-refractivity contribution >= 4 is 41.2 Å². The van der Waals surface area contributed by atoms with Crippen LogP contribution in [0.3, 0.4) is 0 Å². The first-order valence-electron chi connectivity index (χ1n) is 11.5. The van der Waals surface area contributed by atoms with E-state index >= 15 is 0 Å². The van der Waals surface area contributed by atoms with Gasteiger partial charge in [0.2, 0.25) is 0 Å². The number of carbonyl (C=O) groups is 3. The highest BCUT2D eigenvalue weighted by Crippen LogP contribution is 2.35. The van der Waals surface area contributed by atoms with Crippen LogP contribution in [-0.4, -0.2) is 35.6 Å². The Kier molecular flexibility index (Phi) is 7.17. The number of amides is 4. The number of ether oxygens (including phenoxy) is 2. The molecule has 4 amide bonds. The lowest BCUT2D eigenvalue weighted by atomic mass is 10.1. The van der Waals surface area contributed by atoms with Crippen LogP contribution in [0.5, 0.6) is 11.5 Å². The molecule has 0 spiro atoms. The second-order valence-electron chi connectivity index (χ2n) is 8.09. The van der Waals surface area contributed by atoms with E-state index in [4.69, 9.17) is 21.1 Å². The topological polar surface area (TPSA) is 89.9 Å². The van der Waals surface area contributed by atoms with Crippen molar-refractivity contribution in [3.05, 3.63) is 76.1 Å². The van der Waals surface area contributed by atoms with Crippen molar-refractivity contribution in [2.45, 2.75) is 27.7 Å². The maximum atomic E-state index is 13.5. The molecule has 1 saturated heterocycles. The minimum atomic E-state index is -0.858. The fourth-order valence-corrected chi connectivity index (χ4v) is 4.28. The Morgan fingerprint density at radius 1 is 0.944 bits per heavy atom. The highest BCUT2D eigenvalue weighted by molar-refractivity contribution is 6.39. The smallest absolute Gasteiger partial charge is 0.336 e. The Morgan fingerprint density at radius 3 is 2.31 bits per heavy atom. The van der Waals surface area contributed by atoms with Crippen molar-refractivity contribution in [2.75, 3.05) is 18.1 Å². The van der Waals surface area contributed by atoms with Gasteiger partial charge in [-0.05, 0) is 81.8 Å². The zero-order chi connectivity index (χ0) is 26.0. The van der Waals surface area contributed by atoms with Gasteiger partial charge in [-0.1, -0.05) is 11.6 Å². The van der Waals surface area contributed by atoms with Crippen molar-refractivity contribution in [1.29, 1.82) is 0 Å². The molecule has 1 N–H and O–H groups in total. The molecule has 0 radical (unpaired) electrons. The van der Waals surface area contributed by atoms with Crippen molar-refractivity contribution in [2.24, 2.45) is 0 Å². The summed E-state index contributed by atoms with van der Waals surface area (Å²) in [5, 5.41) is 2.89. The molecule has 1 aromatic heterocycles. The van der Waals surface area contributed by atoms with E-state index in [1.54, 1.807) is 37.3 Å². The third-order valence-corrected chi connectivity index (χ3v) is 5.99. The zero-order valence-electron chi connectivity index (χ0n) is 20.4. The van der Waals surface area contributed by atoms with Crippen LogP contribution in [0.2, 0.25) is 5.02 Å². The summed E-state index contributed by atoms with van der Waals surface area (Å²) in [4.78, 5) is 40.0. The van der Waals surface area contributed by atoms with E-state index in [0.29, 0.717) is 35.3 Å². The van der Waals surface area contributed by atoms with Crippen LogP contribution in [0.1, 0.15) is 30.8 Å². The number of urea groups is 1. The molecular weight excluding hydrogens is 482 g/mol. The van der Waals surface area contributed by atoms with Crippen molar-refractivity contribution in [3.63, 3.8) is 0 Å². The molecule has 4 rings (SSSR count). The van der Waals surface area contributed by atoms with Crippen molar-refractivity contribution in [1.82, 2.24) is 9.88 Å². The van der Waals surface area contributed by atoms with Crippen LogP contribution in [0.4, 0.5) is 10.5 Å². The van der Waals surface area contributed by atoms with Crippen LogP contribution in [0.25, 0.3) is 11.8 Å². The van der Waals surface area contributed by atoms with Crippen LogP contribution >= 0.6 is 11.6 Å². The van der Waals surface area contributed by atoms with E-state index in [2.05, 4.69) is 5.32 Å². The zero-order valence-corrected chi connectivity index (χ0v) is 21.2. The number of imide groups is 2. The summed E-state index contributed by atoms with van der Waals surface area (Å²) in [7, 11) is 0. The van der Waals surface area contributed by atoms with E-state index in [1.807, 2.05) is 43.5 Å². The number of aromatic nitrogens is 1. The van der Waals surface area contributed by atoms with E-state index in [-0.39, 0.29) is 11.3 Å². The Bertz CT molecular complexity index is 1370. The second kappa shape index (κ2) is 10.3. The molecule has 0 bridgehead atoms. The molecule has 8 nitrogen and oxygen atoms in total. The largest absolute Gasteiger partial charge is 0.494 e. The van der Waals surface area contributed by atoms with Gasteiger partial charge in [-0.3, -0.25) is 14.9 Å². The molecular formula is C27H26ClN3O5. The highest BCUT2D eigenvalue weighted by atomic mass is 35.5. The fourth-order valence-electron chi connectivity index (χ4n) is 4.16. The van der Waals surface area contributed by atoms with Crippen molar-refractivity contribution < 1.29 is 23.9 Å². The first kappa shape index (κ1) is 25.1. The summed E-state index contributed by atoms with van der Waals surface area (Å²) in [6, 6.07) is 13.2. The lowest BCUT2D eigenvalue weighted by Crippen LogP contribution is -2.54. The van der Waals surface area contributed by atoms with Crippen LogP contribution in [0, 0.1) is 13.8 Å². The summed E-state index contributed by atoms with van der Waals surface area (Å²) in [5.41, 5.74) is 3.30. The number of hydrogen-bond acceptors (Lipinski definition) is 5. The minimum Gasteiger partial charge on any atom is -0.494 e. The summed E-state index contributed by atoms with van der Waals surface area (Å²) in [5.74, 6) is -0.740. The molecule has 0 unspecified atom stereocenters. The average Bonchev–Trinajstić information content (AvgIpc) is 3.11. The van der Waals surface area contributed by atoms with Gasteiger partial charge in [0.15, 0.2) is 0 Å². The molecule has 3 aromatic rings. The predicted octanol–water partition coefficient (Wildman–Crippen LogP) is 5.21. The molecule has 0 atom stereocenters. The maximum absolute atomic E-state index is 13.5. The number of barbiturate groups is 1. The summed E-state index contributed by atoms with van der Waals surface area (Å²) in [6.45, 7) is 8.17. The van der Waals surface area contributed by atoms with E-state index < -0.39 is 17.8 Å². The highest BCUT2D eigenvalue weighted by Gasteiger charge is 2.38. The first-order chi connectivity index (χ1) is 17.2. The van der Waals surface area contributed by atoms with E-state index in [0.717, 1.165) is 22.0 Å². The third-order valence-electron chi connectivity index (χ3n) is 5.74. The Morgan fingerprint density at radius 2 is 1.64 bits per heavy atom. The summed E-state index contributed by atoms with van der Waals surface area (Å²) >= 11 is 6.03. The molecule has 2 heterocycles. The monoisotopic (exact) mass is 507 g/mol. The number of nitrogens with one attached hydrogen (secondary N) is 1. The number of benzene rings is 2. The molecule has 36 heavy (non-hydrogen) atoms. The quantitative estimate of drug-likeness (QED) is 0.350. The SMILES string of the molecule is CCOc1ccc(OCC)c(N2C(=O)NC(=O)/C(=C/c3cc(C)n(-c4ccc(Cl)cc4)c3C)C2=O)c1. The minimum absolute atomic E-state index is 0.171. The van der Waals surface area contributed by atoms with Gasteiger partial charge in [-0.2, -0.15) is 0 Å². The van der Waals surface area contributed by atoms with Gasteiger partial charge in [0, 0.05) is 28.2 Å². The predicted molar refractivity (Wildman–Crippen MR) is 138 cm³/mol.